The zero-order valence-electron chi connectivity index (χ0n) is 8.16. The summed E-state index contributed by atoms with van der Waals surface area (Å²) in [6, 6.07) is 5.56. The van der Waals surface area contributed by atoms with Gasteiger partial charge in [-0.1, -0.05) is 0 Å². The number of nitrogen functional groups attached to an aromatic ring is 2. The lowest BCUT2D eigenvalue weighted by molar-refractivity contribution is 0.824. The second-order valence-corrected chi connectivity index (χ2v) is 3.00. The fraction of sp³-hybridized carbons (Fsp3) is 0.222. The van der Waals surface area contributed by atoms with Crippen molar-refractivity contribution in [1.82, 2.24) is 5.32 Å². The van der Waals surface area contributed by atoms with Crippen LogP contribution in [0.2, 0.25) is 0 Å². The van der Waals surface area contributed by atoms with Gasteiger partial charge in [-0.15, -0.1) is 12.4 Å². The van der Waals surface area contributed by atoms with Gasteiger partial charge in [-0.25, -0.2) is 0 Å². The maximum Gasteiger partial charge on any atom is 0.128 e. The molecule has 1 aromatic rings. The molecule has 0 saturated carbocycles. The Morgan fingerprint density at radius 2 is 1.93 bits per heavy atom. The van der Waals surface area contributed by atoms with E-state index in [9.17, 15) is 0 Å². The summed E-state index contributed by atoms with van der Waals surface area (Å²) in [6.07, 6.45) is 0. The summed E-state index contributed by atoms with van der Waals surface area (Å²) < 4.78 is 0. The van der Waals surface area contributed by atoms with Gasteiger partial charge in [-0.3, -0.25) is 4.99 Å². The Morgan fingerprint density at radius 3 is 2.47 bits per heavy atom. The van der Waals surface area contributed by atoms with E-state index in [0.29, 0.717) is 11.4 Å². The van der Waals surface area contributed by atoms with Crippen LogP contribution in [0.15, 0.2) is 23.2 Å². The molecule has 1 aliphatic heterocycles. The predicted molar refractivity (Wildman–Crippen MR) is 65.5 cm³/mol. The molecule has 0 aromatic heterocycles. The fourth-order valence-electron chi connectivity index (χ4n) is 1.31. The van der Waals surface area contributed by atoms with E-state index in [1.54, 1.807) is 6.07 Å². The van der Waals surface area contributed by atoms with Gasteiger partial charge in [0.15, 0.2) is 0 Å². The molecule has 1 aromatic carbocycles. The minimum absolute atomic E-state index is 0. The Labute approximate surface area is 94.3 Å². The summed E-state index contributed by atoms with van der Waals surface area (Å²) in [7, 11) is 0. The summed E-state index contributed by atoms with van der Waals surface area (Å²) >= 11 is 0. The minimum atomic E-state index is 0. The summed E-state index contributed by atoms with van der Waals surface area (Å²) in [5.41, 5.74) is 13.5. The molecule has 0 fully saturated rings. The Bertz CT molecular complexity index is 367. The maximum absolute atomic E-state index is 5.68. The van der Waals surface area contributed by atoms with Gasteiger partial charge in [0.2, 0.25) is 0 Å². The topological polar surface area (TPSA) is 108 Å². The van der Waals surface area contributed by atoms with Crippen molar-refractivity contribution in [3.05, 3.63) is 23.8 Å². The van der Waals surface area contributed by atoms with Gasteiger partial charge in [-0.2, -0.15) is 0 Å². The average Bonchev–Trinajstić information content (AvgIpc) is 2.62. The molecule has 0 amide bonds. The summed E-state index contributed by atoms with van der Waals surface area (Å²) in [5, 5.41) is 3.17. The number of nitrogens with one attached hydrogen (secondary N) is 1. The number of anilines is 2. The van der Waals surface area contributed by atoms with Crippen molar-refractivity contribution in [2.45, 2.75) is 0 Å². The van der Waals surface area contributed by atoms with Gasteiger partial charge in [0, 0.05) is 12.1 Å². The van der Waals surface area contributed by atoms with Crippen LogP contribution in [0.3, 0.4) is 0 Å². The van der Waals surface area contributed by atoms with Crippen molar-refractivity contribution in [2.75, 3.05) is 24.6 Å². The lowest BCUT2D eigenvalue weighted by Gasteiger charge is -2.04. The molecule has 5 nitrogen and oxygen atoms in total. The van der Waals surface area contributed by atoms with E-state index in [1.165, 1.54) is 0 Å². The monoisotopic (exact) mass is 230 g/mol. The van der Waals surface area contributed by atoms with Crippen molar-refractivity contribution in [3.8, 4) is 0 Å². The molecular formula is C9H15ClN4O. The standard InChI is InChI=1S/C9H12N4.ClH.H2O/c10-7-2-1-6(5-8(7)11)9-12-3-4-13-9;;/h1-2,5H,3-4,10-11H2,(H,12,13);1H;1H2. The minimum Gasteiger partial charge on any atom is -0.412 e. The average molecular weight is 231 g/mol. The first-order chi connectivity index (χ1) is 6.27. The van der Waals surface area contributed by atoms with Crippen molar-refractivity contribution in [1.29, 1.82) is 0 Å². The number of hydrogen-bond acceptors (Lipinski definition) is 4. The highest BCUT2D eigenvalue weighted by Crippen LogP contribution is 2.16. The van der Waals surface area contributed by atoms with Crippen LogP contribution < -0.4 is 16.8 Å². The smallest absolute Gasteiger partial charge is 0.128 e. The van der Waals surface area contributed by atoms with Crippen molar-refractivity contribution in [3.63, 3.8) is 0 Å². The van der Waals surface area contributed by atoms with Crippen LogP contribution in [0, 0.1) is 0 Å². The molecule has 0 unspecified atom stereocenters. The Kier molecular flexibility index (Phi) is 4.90. The molecule has 84 valence electrons. The molecule has 0 radical (unpaired) electrons. The van der Waals surface area contributed by atoms with Gasteiger partial charge in [0.1, 0.15) is 5.84 Å². The Hall–Kier alpha value is -1.46. The van der Waals surface area contributed by atoms with E-state index in [2.05, 4.69) is 10.3 Å². The SMILES string of the molecule is Cl.Nc1ccc(C2=NCCN2)cc1N.O. The van der Waals surface area contributed by atoms with Gasteiger partial charge < -0.3 is 22.3 Å². The zero-order chi connectivity index (χ0) is 9.26. The highest BCUT2D eigenvalue weighted by atomic mass is 35.5. The molecule has 1 aliphatic rings. The van der Waals surface area contributed by atoms with Gasteiger partial charge in [-0.05, 0) is 18.2 Å². The van der Waals surface area contributed by atoms with Crippen LogP contribution in [0.5, 0.6) is 0 Å². The van der Waals surface area contributed by atoms with Crippen LogP contribution in [0.4, 0.5) is 11.4 Å². The van der Waals surface area contributed by atoms with Gasteiger partial charge in [0.25, 0.3) is 0 Å². The van der Waals surface area contributed by atoms with Crippen LogP contribution in [-0.4, -0.2) is 24.4 Å². The quantitative estimate of drug-likeness (QED) is 0.582. The molecule has 0 spiro atoms. The molecule has 0 aliphatic carbocycles. The van der Waals surface area contributed by atoms with Crippen LogP contribution >= 0.6 is 12.4 Å². The number of halogens is 1. The van der Waals surface area contributed by atoms with Crippen molar-refractivity contribution < 1.29 is 5.48 Å². The van der Waals surface area contributed by atoms with E-state index in [0.717, 1.165) is 24.5 Å². The van der Waals surface area contributed by atoms with Gasteiger partial charge in [0.05, 0.1) is 17.9 Å². The first kappa shape index (κ1) is 13.5. The van der Waals surface area contributed by atoms with E-state index in [-0.39, 0.29) is 17.9 Å². The first-order valence-corrected chi connectivity index (χ1v) is 4.21. The molecule has 1 heterocycles. The van der Waals surface area contributed by atoms with Gasteiger partial charge >= 0.3 is 0 Å². The molecule has 0 atom stereocenters. The highest BCUT2D eigenvalue weighted by Gasteiger charge is 2.08. The predicted octanol–water partition coefficient (Wildman–Crippen LogP) is -0.202. The maximum atomic E-state index is 5.68. The third-order valence-electron chi connectivity index (χ3n) is 2.03. The molecule has 7 N–H and O–H groups in total. The third-order valence-corrected chi connectivity index (χ3v) is 2.03. The number of nitrogens with two attached hydrogens (primary N) is 2. The number of hydrogen-bond donors (Lipinski definition) is 3. The largest absolute Gasteiger partial charge is 0.412 e. The lowest BCUT2D eigenvalue weighted by Crippen LogP contribution is -2.19. The first-order valence-electron chi connectivity index (χ1n) is 4.21. The lowest BCUT2D eigenvalue weighted by atomic mass is 10.1. The Morgan fingerprint density at radius 1 is 1.20 bits per heavy atom. The molecule has 6 heteroatoms. The number of amidine groups is 1. The third kappa shape index (κ3) is 2.74. The van der Waals surface area contributed by atoms with Crippen LogP contribution in [0.1, 0.15) is 5.56 Å². The van der Waals surface area contributed by atoms with E-state index in [1.807, 2.05) is 12.1 Å². The van der Waals surface area contributed by atoms with Crippen molar-refractivity contribution >= 4 is 29.6 Å². The highest BCUT2D eigenvalue weighted by molar-refractivity contribution is 6.01. The number of aliphatic imine (C=N–C) groups is 1. The number of rotatable bonds is 1. The second kappa shape index (κ2) is 5.43. The summed E-state index contributed by atoms with van der Waals surface area (Å²) in [5.74, 6) is 0.909. The van der Waals surface area contributed by atoms with E-state index < -0.39 is 0 Å². The molecule has 2 rings (SSSR count). The number of nitrogens with zero attached hydrogens (tertiary/aromatic N) is 1. The molecule has 15 heavy (non-hydrogen) atoms. The van der Waals surface area contributed by atoms with E-state index >= 15 is 0 Å². The van der Waals surface area contributed by atoms with E-state index in [4.69, 9.17) is 11.5 Å². The molecular weight excluding hydrogens is 216 g/mol. The molecule has 0 bridgehead atoms. The molecule has 0 saturated heterocycles. The Balaban J connectivity index is 0.000000980. The second-order valence-electron chi connectivity index (χ2n) is 3.00. The van der Waals surface area contributed by atoms with Crippen LogP contribution in [0.25, 0.3) is 0 Å². The normalized spacial score (nSPS) is 13.2. The number of benzene rings is 1. The summed E-state index contributed by atoms with van der Waals surface area (Å²) in [6.45, 7) is 1.74. The summed E-state index contributed by atoms with van der Waals surface area (Å²) in [4.78, 5) is 4.29. The van der Waals surface area contributed by atoms with Crippen molar-refractivity contribution in [2.24, 2.45) is 4.99 Å². The fourth-order valence-corrected chi connectivity index (χ4v) is 1.31. The zero-order valence-corrected chi connectivity index (χ0v) is 8.97. The van der Waals surface area contributed by atoms with Crippen LogP contribution in [-0.2, 0) is 0 Å².